The molecule has 41 heavy (non-hydrogen) atoms. The number of carbonyl (C=O) groups excluding carboxylic acids is 5. The molecule has 1 aliphatic rings. The van der Waals surface area contributed by atoms with Gasteiger partial charge in [0.25, 0.3) is 0 Å². The average molecular weight is 597 g/mol. The summed E-state index contributed by atoms with van der Waals surface area (Å²) in [6, 6.07) is 10.9. The molecule has 1 heterocycles. The molecule has 0 amide bonds. The third-order valence-corrected chi connectivity index (χ3v) is 5.92. The molecule has 0 spiro atoms. The highest BCUT2D eigenvalue weighted by atomic mass is 35.5. The lowest BCUT2D eigenvalue weighted by Crippen LogP contribution is -2.63. The van der Waals surface area contributed by atoms with E-state index in [-0.39, 0.29) is 10.8 Å². The standard InChI is InChI=1S/C28H29ClO12/c1-14(30)36-13-23-24(37-15(2)31)25(38-16(3)32)26(39-17(4)33)28(41-23)40-20-10-11-21(22(29)12-20)18-6-8-19(9-7-18)27(34)35-5/h6-12,23-26,28H,13H2,1-5H3/t23-,24-,25+,26+,28?/m1/s1/i1D,2D,3D,4D. The van der Waals surface area contributed by atoms with Crippen LogP contribution in [0.25, 0.3) is 11.1 Å². The minimum absolute atomic E-state index is 0.0564. The zero-order valence-electron chi connectivity index (χ0n) is 25.7. The van der Waals surface area contributed by atoms with E-state index in [0.29, 0.717) is 16.7 Å². The zero-order chi connectivity index (χ0) is 33.1. The highest BCUT2D eigenvalue weighted by Gasteiger charge is 2.53. The first-order chi connectivity index (χ1) is 21.5. The smallest absolute Gasteiger partial charge is 0.337 e. The largest absolute Gasteiger partial charge is 0.465 e. The van der Waals surface area contributed by atoms with Gasteiger partial charge in [-0.2, -0.15) is 0 Å². The molecular formula is C28H29ClO12. The summed E-state index contributed by atoms with van der Waals surface area (Å²) in [6.07, 6.45) is -8.08. The van der Waals surface area contributed by atoms with Crippen molar-refractivity contribution in [3.05, 3.63) is 53.1 Å². The van der Waals surface area contributed by atoms with Crippen LogP contribution >= 0.6 is 11.6 Å². The SMILES string of the molecule is [2H]CC(=O)OC[C@H]1OC(Oc2ccc(-c3ccc(C(=O)OC)cc3)c(Cl)c2)[C@@H](OC(=O)C[2H])[C@@H](OC(=O)C[2H])[C@@H]1OC(=O)C[2H]. The van der Waals surface area contributed by atoms with E-state index in [0.717, 1.165) is 0 Å². The van der Waals surface area contributed by atoms with Gasteiger partial charge in [-0.05, 0) is 35.9 Å². The summed E-state index contributed by atoms with van der Waals surface area (Å²) in [5, 5.41) is 0.189. The van der Waals surface area contributed by atoms with E-state index >= 15 is 0 Å². The van der Waals surface area contributed by atoms with Crippen molar-refractivity contribution in [3.8, 4) is 16.9 Å². The van der Waals surface area contributed by atoms with Crippen molar-refractivity contribution in [1.82, 2.24) is 0 Å². The second-order valence-corrected chi connectivity index (χ2v) is 8.82. The number of ether oxygens (including phenoxy) is 7. The van der Waals surface area contributed by atoms with E-state index in [1.807, 2.05) is 0 Å². The molecule has 0 bridgehead atoms. The van der Waals surface area contributed by atoms with Crippen molar-refractivity contribution in [2.24, 2.45) is 0 Å². The van der Waals surface area contributed by atoms with Crippen molar-refractivity contribution < 1.29 is 62.6 Å². The third-order valence-electron chi connectivity index (χ3n) is 5.61. The molecule has 2 aromatic rings. The minimum atomic E-state index is -1.70. The molecule has 13 heteroatoms. The molecule has 2 aromatic carbocycles. The Morgan fingerprint density at radius 1 is 0.829 bits per heavy atom. The molecule has 1 saturated heterocycles. The predicted octanol–water partition coefficient (Wildman–Crippen LogP) is 3.26. The molecule has 0 saturated carbocycles. The summed E-state index contributed by atoms with van der Waals surface area (Å²) >= 11 is 6.53. The molecule has 1 fully saturated rings. The average Bonchev–Trinajstić information content (AvgIpc) is 3.05. The van der Waals surface area contributed by atoms with E-state index in [9.17, 15) is 24.0 Å². The maximum Gasteiger partial charge on any atom is 0.337 e. The van der Waals surface area contributed by atoms with Gasteiger partial charge in [-0.25, -0.2) is 4.79 Å². The van der Waals surface area contributed by atoms with Gasteiger partial charge in [0.1, 0.15) is 18.5 Å². The first kappa shape index (κ1) is 25.8. The van der Waals surface area contributed by atoms with Crippen molar-refractivity contribution in [1.29, 1.82) is 0 Å². The summed E-state index contributed by atoms with van der Waals surface area (Å²) < 4.78 is 66.7. The van der Waals surface area contributed by atoms with E-state index < -0.39 is 94.8 Å². The van der Waals surface area contributed by atoms with Crippen LogP contribution in [0.5, 0.6) is 5.75 Å². The number of esters is 5. The normalized spacial score (nSPS) is 22.9. The second-order valence-electron chi connectivity index (χ2n) is 8.42. The fourth-order valence-corrected chi connectivity index (χ4v) is 4.26. The Kier molecular flexibility index (Phi) is 8.77. The highest BCUT2D eigenvalue weighted by Crippen LogP contribution is 2.35. The Balaban J connectivity index is 1.99. The summed E-state index contributed by atoms with van der Waals surface area (Å²) in [6.45, 7) is -3.98. The Labute approximate surface area is 246 Å². The molecule has 0 aromatic heterocycles. The summed E-state index contributed by atoms with van der Waals surface area (Å²) in [5.74, 6) is -4.74. The lowest BCUT2D eigenvalue weighted by molar-refractivity contribution is -0.288. The van der Waals surface area contributed by atoms with Gasteiger partial charge in [0.2, 0.25) is 12.4 Å². The second kappa shape index (κ2) is 14.0. The van der Waals surface area contributed by atoms with Crippen LogP contribution in [0.1, 0.15) is 43.4 Å². The molecule has 1 unspecified atom stereocenters. The Morgan fingerprint density at radius 2 is 1.44 bits per heavy atom. The van der Waals surface area contributed by atoms with Crippen LogP contribution in [0.15, 0.2) is 42.5 Å². The van der Waals surface area contributed by atoms with Gasteiger partial charge in [-0.15, -0.1) is 0 Å². The number of hydrogen-bond donors (Lipinski definition) is 0. The molecule has 220 valence electrons. The fraction of sp³-hybridized carbons (Fsp3) is 0.393. The van der Waals surface area contributed by atoms with Gasteiger partial charge in [0.05, 0.1) is 17.7 Å². The van der Waals surface area contributed by atoms with Gasteiger partial charge in [0.15, 0.2) is 12.2 Å². The number of methoxy groups -OCH3 is 1. The van der Waals surface area contributed by atoms with Gasteiger partial charge >= 0.3 is 29.8 Å². The molecular weight excluding hydrogens is 564 g/mol. The van der Waals surface area contributed by atoms with Crippen LogP contribution in [0.2, 0.25) is 5.02 Å². The third kappa shape index (κ3) is 8.41. The van der Waals surface area contributed by atoms with Crippen LogP contribution in [-0.2, 0) is 47.6 Å². The monoisotopic (exact) mass is 596 g/mol. The van der Waals surface area contributed by atoms with Gasteiger partial charge in [-0.3, -0.25) is 19.2 Å². The van der Waals surface area contributed by atoms with Crippen molar-refractivity contribution in [2.75, 3.05) is 13.7 Å². The van der Waals surface area contributed by atoms with Crippen molar-refractivity contribution >= 4 is 41.4 Å². The van der Waals surface area contributed by atoms with Gasteiger partial charge < -0.3 is 33.2 Å². The van der Waals surface area contributed by atoms with E-state index in [1.165, 1.54) is 19.2 Å². The highest BCUT2D eigenvalue weighted by molar-refractivity contribution is 6.33. The Morgan fingerprint density at radius 3 is 2.02 bits per heavy atom. The number of benzene rings is 2. The quantitative estimate of drug-likeness (QED) is 0.309. The summed E-state index contributed by atoms with van der Waals surface area (Å²) in [5.41, 5.74) is 1.52. The predicted molar refractivity (Wildman–Crippen MR) is 141 cm³/mol. The Bertz CT molecular complexity index is 1380. The van der Waals surface area contributed by atoms with Gasteiger partial charge in [0, 0.05) is 38.6 Å². The van der Waals surface area contributed by atoms with E-state index in [4.69, 9.17) is 50.2 Å². The molecule has 3 rings (SSSR count). The van der Waals surface area contributed by atoms with Gasteiger partial charge in [-0.1, -0.05) is 23.7 Å². The molecule has 0 aliphatic carbocycles. The van der Waals surface area contributed by atoms with Crippen molar-refractivity contribution in [2.45, 2.75) is 58.3 Å². The summed E-state index contributed by atoms with van der Waals surface area (Å²) in [7, 11) is 1.26. The van der Waals surface area contributed by atoms with Crippen LogP contribution in [-0.4, -0.2) is 74.3 Å². The van der Waals surface area contributed by atoms with E-state index in [2.05, 4.69) is 0 Å². The first-order valence-electron chi connectivity index (χ1n) is 14.6. The molecule has 5 atom stereocenters. The topological polar surface area (TPSA) is 150 Å². The van der Waals surface area contributed by atoms with Crippen LogP contribution in [0, 0.1) is 0 Å². The number of hydrogen-bond acceptors (Lipinski definition) is 12. The molecule has 0 radical (unpaired) electrons. The molecule has 0 N–H and O–H groups in total. The maximum atomic E-state index is 12.3. The Hall–Kier alpha value is -4.16. The van der Waals surface area contributed by atoms with Crippen LogP contribution < -0.4 is 4.74 Å². The fourth-order valence-electron chi connectivity index (χ4n) is 3.98. The van der Waals surface area contributed by atoms with Crippen LogP contribution in [0.3, 0.4) is 0 Å². The van der Waals surface area contributed by atoms with Crippen LogP contribution in [0.4, 0.5) is 0 Å². The van der Waals surface area contributed by atoms with E-state index in [1.54, 1.807) is 30.3 Å². The number of halogens is 1. The number of carbonyl (C=O) groups is 5. The lowest BCUT2D eigenvalue weighted by atomic mass is 9.98. The first-order valence-corrected chi connectivity index (χ1v) is 12.1. The zero-order valence-corrected chi connectivity index (χ0v) is 22.5. The maximum absolute atomic E-state index is 12.3. The summed E-state index contributed by atoms with van der Waals surface area (Å²) in [4.78, 5) is 60.2. The molecule has 12 nitrogen and oxygen atoms in total. The molecule has 1 aliphatic heterocycles. The number of rotatable bonds is 9. The van der Waals surface area contributed by atoms with Crippen molar-refractivity contribution in [3.63, 3.8) is 0 Å². The lowest BCUT2D eigenvalue weighted by Gasteiger charge is -2.43. The minimum Gasteiger partial charge on any atom is -0.465 e.